The lowest BCUT2D eigenvalue weighted by molar-refractivity contribution is 0.710. The summed E-state index contributed by atoms with van der Waals surface area (Å²) in [6, 6.07) is 0. The summed E-state index contributed by atoms with van der Waals surface area (Å²) in [5.41, 5.74) is 4.22. The Morgan fingerprint density at radius 1 is 1.55 bits per heavy atom. The molecule has 0 aliphatic carbocycles. The second-order valence-electron chi connectivity index (χ2n) is 2.39. The Bertz CT molecular complexity index is 316. The molecule has 0 radical (unpaired) electrons. The molecule has 0 aliphatic heterocycles. The molecule has 1 N–H and O–H groups in total. The van der Waals surface area contributed by atoms with Crippen molar-refractivity contribution in [1.82, 2.24) is 9.89 Å². The molecule has 0 saturated heterocycles. The molecule has 0 saturated carbocycles. The highest BCUT2D eigenvalue weighted by molar-refractivity contribution is 5.17. The third kappa shape index (κ3) is 1.24. The maximum Gasteiger partial charge on any atom is 0.289 e. The summed E-state index contributed by atoms with van der Waals surface area (Å²) in [4.78, 5) is 12.5. The maximum absolute atomic E-state index is 11.3. The van der Waals surface area contributed by atoms with Gasteiger partial charge in [-0.15, -0.1) is 4.79 Å². The molecule has 11 heavy (non-hydrogen) atoms. The van der Waals surface area contributed by atoms with Crippen LogP contribution in [0.25, 0.3) is 0 Å². The molecule has 0 aliphatic rings. The van der Waals surface area contributed by atoms with Crippen LogP contribution in [-0.4, -0.2) is 16.9 Å². The Hall–Kier alpha value is -1.32. The SMILES string of the molecule is CNn1ncc(C)c(C)c1=O. The van der Waals surface area contributed by atoms with Crippen LogP contribution in [0.1, 0.15) is 11.1 Å². The van der Waals surface area contributed by atoms with Crippen LogP contribution in [0.4, 0.5) is 0 Å². The lowest BCUT2D eigenvalue weighted by atomic mass is 10.2. The van der Waals surface area contributed by atoms with E-state index in [1.165, 1.54) is 4.79 Å². The summed E-state index contributed by atoms with van der Waals surface area (Å²) in [5, 5.41) is 3.85. The molecular formula is C7H11N3O. The van der Waals surface area contributed by atoms with Crippen LogP contribution < -0.4 is 11.0 Å². The first-order chi connectivity index (χ1) is 5.16. The number of aromatic nitrogens is 2. The normalized spacial score (nSPS) is 9.73. The summed E-state index contributed by atoms with van der Waals surface area (Å²) in [5.74, 6) is 0. The van der Waals surface area contributed by atoms with Gasteiger partial charge in [0.1, 0.15) is 0 Å². The van der Waals surface area contributed by atoms with Gasteiger partial charge < -0.3 is 5.43 Å². The van der Waals surface area contributed by atoms with Gasteiger partial charge in [-0.25, -0.2) is 0 Å². The Balaban J connectivity index is 3.37. The second-order valence-corrected chi connectivity index (χ2v) is 2.39. The summed E-state index contributed by atoms with van der Waals surface area (Å²) in [7, 11) is 1.66. The zero-order chi connectivity index (χ0) is 8.43. The van der Waals surface area contributed by atoms with Crippen molar-refractivity contribution in [3.63, 3.8) is 0 Å². The van der Waals surface area contributed by atoms with Gasteiger partial charge >= 0.3 is 0 Å². The molecule has 1 aromatic heterocycles. The fraction of sp³-hybridized carbons (Fsp3) is 0.429. The minimum Gasteiger partial charge on any atom is -0.309 e. The van der Waals surface area contributed by atoms with Crippen LogP contribution in [0, 0.1) is 13.8 Å². The van der Waals surface area contributed by atoms with Crippen LogP contribution in [0.3, 0.4) is 0 Å². The molecule has 0 bridgehead atoms. The van der Waals surface area contributed by atoms with Crippen molar-refractivity contribution < 1.29 is 0 Å². The number of aryl methyl sites for hydroxylation is 1. The Labute approximate surface area is 64.8 Å². The van der Waals surface area contributed by atoms with Crippen molar-refractivity contribution in [2.24, 2.45) is 0 Å². The van der Waals surface area contributed by atoms with Gasteiger partial charge in [0.25, 0.3) is 5.56 Å². The first kappa shape index (κ1) is 7.78. The molecule has 0 spiro atoms. The highest BCUT2D eigenvalue weighted by Crippen LogP contribution is 1.94. The molecule has 4 nitrogen and oxygen atoms in total. The van der Waals surface area contributed by atoms with Crippen molar-refractivity contribution in [3.8, 4) is 0 Å². The third-order valence-electron chi connectivity index (χ3n) is 1.68. The van der Waals surface area contributed by atoms with Crippen LogP contribution in [-0.2, 0) is 0 Å². The van der Waals surface area contributed by atoms with E-state index in [2.05, 4.69) is 10.5 Å². The van der Waals surface area contributed by atoms with Crippen molar-refractivity contribution in [1.29, 1.82) is 0 Å². The van der Waals surface area contributed by atoms with Crippen LogP contribution in [0.5, 0.6) is 0 Å². The molecule has 0 amide bonds. The zero-order valence-corrected chi connectivity index (χ0v) is 6.88. The highest BCUT2D eigenvalue weighted by Gasteiger charge is 2.00. The predicted molar refractivity (Wildman–Crippen MR) is 43.3 cm³/mol. The molecule has 1 aromatic rings. The Morgan fingerprint density at radius 3 is 2.73 bits per heavy atom. The summed E-state index contributed by atoms with van der Waals surface area (Å²) < 4.78 is 0. The third-order valence-corrected chi connectivity index (χ3v) is 1.68. The molecule has 4 heteroatoms. The number of hydrogen-bond donors (Lipinski definition) is 1. The van der Waals surface area contributed by atoms with E-state index in [0.29, 0.717) is 0 Å². The molecular weight excluding hydrogens is 142 g/mol. The number of nitrogens with one attached hydrogen (secondary N) is 1. The molecule has 0 fully saturated rings. The van der Waals surface area contributed by atoms with Gasteiger partial charge in [-0.2, -0.15) is 5.10 Å². The van der Waals surface area contributed by atoms with Gasteiger partial charge in [0.05, 0.1) is 6.20 Å². The van der Waals surface area contributed by atoms with Gasteiger partial charge in [-0.05, 0) is 19.4 Å². The standard InChI is InChI=1S/C7H11N3O/c1-5-4-9-10(8-3)7(11)6(5)2/h4,8H,1-3H3. The minimum absolute atomic E-state index is 0.0903. The Kier molecular flexibility index (Phi) is 1.94. The van der Waals surface area contributed by atoms with E-state index in [9.17, 15) is 4.79 Å². The smallest absolute Gasteiger partial charge is 0.289 e. The van der Waals surface area contributed by atoms with Crippen molar-refractivity contribution >= 4 is 0 Å². The van der Waals surface area contributed by atoms with E-state index in [1.54, 1.807) is 20.2 Å². The topological polar surface area (TPSA) is 46.9 Å². The fourth-order valence-electron chi connectivity index (χ4n) is 0.780. The van der Waals surface area contributed by atoms with Crippen LogP contribution in [0.15, 0.2) is 11.0 Å². The van der Waals surface area contributed by atoms with Crippen LogP contribution in [0.2, 0.25) is 0 Å². The number of nitrogens with zero attached hydrogens (tertiary/aromatic N) is 2. The van der Waals surface area contributed by atoms with Crippen LogP contribution >= 0.6 is 0 Å². The number of rotatable bonds is 1. The molecule has 0 unspecified atom stereocenters. The van der Waals surface area contributed by atoms with E-state index in [0.717, 1.165) is 11.1 Å². The maximum atomic E-state index is 11.3. The van der Waals surface area contributed by atoms with E-state index < -0.39 is 0 Å². The van der Waals surface area contributed by atoms with E-state index in [4.69, 9.17) is 0 Å². The highest BCUT2D eigenvalue weighted by atomic mass is 16.1. The zero-order valence-electron chi connectivity index (χ0n) is 6.88. The first-order valence-electron chi connectivity index (χ1n) is 3.40. The van der Waals surface area contributed by atoms with Crippen molar-refractivity contribution in [3.05, 3.63) is 27.7 Å². The van der Waals surface area contributed by atoms with E-state index >= 15 is 0 Å². The average Bonchev–Trinajstić information content (AvgIpc) is 2.01. The quantitative estimate of drug-likeness (QED) is 0.619. The fourth-order valence-corrected chi connectivity index (χ4v) is 0.780. The van der Waals surface area contributed by atoms with Gasteiger partial charge in [0.2, 0.25) is 0 Å². The van der Waals surface area contributed by atoms with Gasteiger partial charge in [0, 0.05) is 12.6 Å². The summed E-state index contributed by atoms with van der Waals surface area (Å²) in [6.07, 6.45) is 1.66. The molecule has 0 aromatic carbocycles. The van der Waals surface area contributed by atoms with Crippen molar-refractivity contribution in [2.45, 2.75) is 13.8 Å². The lowest BCUT2D eigenvalue weighted by Crippen LogP contribution is -2.30. The molecule has 0 atom stereocenters. The average molecular weight is 153 g/mol. The molecule has 1 heterocycles. The lowest BCUT2D eigenvalue weighted by Gasteiger charge is -2.03. The van der Waals surface area contributed by atoms with Gasteiger partial charge in [-0.1, -0.05) is 0 Å². The minimum atomic E-state index is -0.0903. The number of hydrogen-bond acceptors (Lipinski definition) is 3. The predicted octanol–water partition coefficient (Wildman–Crippen LogP) is 0.0334. The monoisotopic (exact) mass is 153 g/mol. The van der Waals surface area contributed by atoms with Crippen molar-refractivity contribution in [2.75, 3.05) is 12.5 Å². The first-order valence-corrected chi connectivity index (χ1v) is 3.40. The summed E-state index contributed by atoms with van der Waals surface area (Å²) >= 11 is 0. The van der Waals surface area contributed by atoms with Gasteiger partial charge in [-0.3, -0.25) is 4.79 Å². The Morgan fingerprint density at radius 2 is 2.18 bits per heavy atom. The summed E-state index contributed by atoms with van der Waals surface area (Å²) in [6.45, 7) is 3.65. The van der Waals surface area contributed by atoms with Gasteiger partial charge in [0.15, 0.2) is 0 Å². The second kappa shape index (κ2) is 2.74. The molecule has 60 valence electrons. The van der Waals surface area contributed by atoms with E-state index in [-0.39, 0.29) is 5.56 Å². The molecule has 1 rings (SSSR count). The largest absolute Gasteiger partial charge is 0.309 e. The van der Waals surface area contributed by atoms with E-state index in [1.807, 2.05) is 6.92 Å².